The maximum atomic E-state index is 14.8. The summed E-state index contributed by atoms with van der Waals surface area (Å²) in [7, 11) is 1.60. The summed E-state index contributed by atoms with van der Waals surface area (Å²) in [6.07, 6.45) is 7.70. The molecular weight excluding hydrogens is 738 g/mol. The van der Waals surface area contributed by atoms with Gasteiger partial charge in [0, 0.05) is 41.1 Å². The highest BCUT2D eigenvalue weighted by atomic mass is 19.1. The van der Waals surface area contributed by atoms with Crippen molar-refractivity contribution in [2.24, 2.45) is 5.92 Å². The number of aromatic nitrogens is 1. The molecule has 2 fully saturated rings. The van der Waals surface area contributed by atoms with Crippen molar-refractivity contribution in [1.29, 1.82) is 0 Å². The molecule has 4 aromatic carbocycles. The molecule has 2 aliphatic heterocycles. The summed E-state index contributed by atoms with van der Waals surface area (Å²) in [5, 5.41) is 7.09. The minimum absolute atomic E-state index is 0.0958. The van der Waals surface area contributed by atoms with Gasteiger partial charge in [0.05, 0.1) is 24.9 Å². The first-order valence-corrected chi connectivity index (χ1v) is 19.8. The summed E-state index contributed by atoms with van der Waals surface area (Å²) in [6.45, 7) is 0.0958. The van der Waals surface area contributed by atoms with E-state index in [1.54, 1.807) is 48.4 Å². The van der Waals surface area contributed by atoms with Gasteiger partial charge in [0.15, 0.2) is 5.75 Å². The fourth-order valence-electron chi connectivity index (χ4n) is 7.97. The molecule has 5 atom stereocenters. The number of amides is 3. The molecule has 58 heavy (non-hydrogen) atoms. The number of allylic oxidation sites excluding steroid dienone is 1. The molecule has 0 unspecified atom stereocenters. The molecule has 1 aliphatic carbocycles. The van der Waals surface area contributed by atoms with Crippen LogP contribution in [0.4, 0.5) is 10.1 Å². The lowest BCUT2D eigenvalue weighted by molar-refractivity contribution is -0.141. The van der Waals surface area contributed by atoms with Crippen LogP contribution >= 0.6 is 0 Å². The quantitative estimate of drug-likeness (QED) is 0.104. The number of nitrogens with one attached hydrogen (secondary N) is 3. The summed E-state index contributed by atoms with van der Waals surface area (Å²) < 4.78 is 26.7. The van der Waals surface area contributed by atoms with E-state index in [0.717, 1.165) is 36.6 Å². The number of carbonyl (C=O) groups is 3. The fourth-order valence-corrected chi connectivity index (χ4v) is 7.97. The molecule has 11 nitrogen and oxygen atoms in total. The zero-order chi connectivity index (χ0) is 40.1. The number of hydrogen-bond acceptors (Lipinski definition) is 8. The van der Waals surface area contributed by atoms with E-state index in [1.165, 1.54) is 12.1 Å². The van der Waals surface area contributed by atoms with Gasteiger partial charge in [0.25, 0.3) is 5.91 Å². The van der Waals surface area contributed by atoms with E-state index in [9.17, 15) is 18.8 Å². The van der Waals surface area contributed by atoms with E-state index >= 15 is 0 Å². The predicted molar refractivity (Wildman–Crippen MR) is 218 cm³/mol. The molecule has 3 aliphatic rings. The normalized spacial score (nSPS) is 23.4. The van der Waals surface area contributed by atoms with Crippen LogP contribution in [0.3, 0.4) is 0 Å². The molecule has 3 amide bonds. The first-order chi connectivity index (χ1) is 28.3. The van der Waals surface area contributed by atoms with Crippen molar-refractivity contribution in [2.75, 3.05) is 19.0 Å². The first-order valence-electron chi connectivity index (χ1n) is 19.8. The minimum Gasteiger partial charge on any atom is -0.497 e. The fraction of sp³-hybridized carbons (Fsp3) is 0.304. The minimum atomic E-state index is -1.28. The monoisotopic (exact) mass is 783 g/mol. The number of rotatable bonds is 9. The smallest absolute Gasteiger partial charge is 0.278 e. The van der Waals surface area contributed by atoms with Gasteiger partial charge in [0.2, 0.25) is 11.8 Å². The summed E-state index contributed by atoms with van der Waals surface area (Å²) in [6, 6.07) is 30.4. The Hall–Kier alpha value is -6.43. The van der Waals surface area contributed by atoms with Gasteiger partial charge in [-0.05, 0) is 68.1 Å². The van der Waals surface area contributed by atoms with Gasteiger partial charge in [-0.2, -0.15) is 5.48 Å². The summed E-state index contributed by atoms with van der Waals surface area (Å²) in [5.74, 6) is -0.322. The van der Waals surface area contributed by atoms with Gasteiger partial charge >= 0.3 is 0 Å². The van der Waals surface area contributed by atoms with Crippen LogP contribution in [0.5, 0.6) is 17.2 Å². The Labute approximate surface area is 336 Å². The van der Waals surface area contributed by atoms with Crippen LogP contribution in [0.2, 0.25) is 0 Å². The number of anilines is 1. The van der Waals surface area contributed by atoms with Crippen molar-refractivity contribution >= 4 is 34.3 Å². The molecule has 298 valence electrons. The van der Waals surface area contributed by atoms with Gasteiger partial charge in [0.1, 0.15) is 41.0 Å². The number of benzene rings is 4. The zero-order valence-corrected chi connectivity index (χ0v) is 32.2. The Morgan fingerprint density at radius 3 is 2.52 bits per heavy atom. The van der Waals surface area contributed by atoms with E-state index in [2.05, 4.69) is 22.2 Å². The molecule has 3 heterocycles. The maximum Gasteiger partial charge on any atom is 0.278 e. The molecule has 8 rings (SSSR count). The van der Waals surface area contributed by atoms with E-state index in [-0.39, 0.29) is 24.8 Å². The number of nitrogens with zero attached hydrogens (tertiary/aromatic N) is 2. The summed E-state index contributed by atoms with van der Waals surface area (Å²) >= 11 is 0. The standard InChI is InChI=1S/C46H46FN5O6/c1-56-35-22-23-37-40(25-35)49-39(30-14-7-5-8-15-30)27-42(37)57-36-26-41-43(53)50-46(45(55)51-58-34-19-10-6-11-20-34)28-31(46)16-9-3-2-4-12-21-38(44(54)52(41)29-36)48-33-18-13-17-32(47)24-33/h5-11,13-20,22-25,27,31,36,38,41,48H,2-4,12,21,26,28-29H2,1H3,(H,50,53)(H,51,55)/t31-,36-,38+,41+,46-/m1/s1. The third kappa shape index (κ3) is 8.46. The van der Waals surface area contributed by atoms with Crippen molar-refractivity contribution in [1.82, 2.24) is 20.7 Å². The average molecular weight is 784 g/mol. The molecule has 5 aromatic rings. The predicted octanol–water partition coefficient (Wildman–Crippen LogP) is 7.38. The number of halogens is 1. The van der Waals surface area contributed by atoms with Crippen molar-refractivity contribution in [2.45, 2.75) is 68.7 Å². The Balaban J connectivity index is 1.12. The Morgan fingerprint density at radius 1 is 0.914 bits per heavy atom. The van der Waals surface area contributed by atoms with Gasteiger partial charge in [-0.3, -0.25) is 14.4 Å². The van der Waals surface area contributed by atoms with Crippen molar-refractivity contribution in [3.05, 3.63) is 127 Å². The first kappa shape index (κ1) is 38.4. The summed E-state index contributed by atoms with van der Waals surface area (Å²) in [5.41, 5.74) is 4.00. The Kier molecular flexibility index (Phi) is 11.2. The molecule has 3 N–H and O–H groups in total. The van der Waals surface area contributed by atoms with Gasteiger partial charge < -0.3 is 29.8 Å². The highest BCUT2D eigenvalue weighted by Gasteiger charge is 2.61. The lowest BCUT2D eigenvalue weighted by Gasteiger charge is -2.30. The molecular formula is C46H46FN5O6. The van der Waals surface area contributed by atoms with Crippen LogP contribution in [-0.2, 0) is 14.4 Å². The number of methoxy groups -OCH3 is 1. The van der Waals surface area contributed by atoms with Crippen LogP contribution in [0.25, 0.3) is 22.2 Å². The number of pyridine rings is 1. The molecule has 1 aromatic heterocycles. The number of para-hydroxylation sites is 1. The number of hydrogen-bond donors (Lipinski definition) is 3. The molecule has 0 spiro atoms. The molecule has 12 heteroatoms. The van der Waals surface area contributed by atoms with Gasteiger partial charge in [-0.15, -0.1) is 0 Å². The average Bonchev–Trinajstić information content (AvgIpc) is 3.78. The van der Waals surface area contributed by atoms with Crippen LogP contribution in [0.15, 0.2) is 121 Å². The highest BCUT2D eigenvalue weighted by molar-refractivity contribution is 5.98. The number of ether oxygens (including phenoxy) is 2. The number of fused-ring (bicyclic) bond motifs is 3. The second kappa shape index (κ2) is 17.0. The zero-order valence-electron chi connectivity index (χ0n) is 32.2. The summed E-state index contributed by atoms with van der Waals surface area (Å²) in [4.78, 5) is 55.4. The van der Waals surface area contributed by atoms with Crippen molar-refractivity contribution < 1.29 is 33.1 Å². The Morgan fingerprint density at radius 2 is 1.72 bits per heavy atom. The Bertz CT molecular complexity index is 2310. The van der Waals surface area contributed by atoms with E-state index in [4.69, 9.17) is 19.3 Å². The topological polar surface area (TPSA) is 131 Å². The van der Waals surface area contributed by atoms with Crippen LogP contribution < -0.4 is 30.4 Å². The highest BCUT2D eigenvalue weighted by Crippen LogP contribution is 2.46. The number of carbonyl (C=O) groups excluding carboxylic acids is 3. The van der Waals surface area contributed by atoms with Crippen LogP contribution in [-0.4, -0.2) is 65.0 Å². The lowest BCUT2D eigenvalue weighted by atomic mass is 10.0. The molecule has 1 saturated heterocycles. The maximum absolute atomic E-state index is 14.8. The second-order valence-corrected chi connectivity index (χ2v) is 15.1. The largest absolute Gasteiger partial charge is 0.497 e. The van der Waals surface area contributed by atoms with E-state index in [1.807, 2.05) is 66.7 Å². The van der Waals surface area contributed by atoms with Gasteiger partial charge in [-0.25, -0.2) is 9.37 Å². The lowest BCUT2D eigenvalue weighted by Crippen LogP contribution is -2.57. The second-order valence-electron chi connectivity index (χ2n) is 15.1. The van der Waals surface area contributed by atoms with Crippen molar-refractivity contribution in [3.8, 4) is 28.5 Å². The van der Waals surface area contributed by atoms with Crippen molar-refractivity contribution in [3.63, 3.8) is 0 Å². The SMILES string of the molecule is COc1ccc2c(O[C@@H]3C[C@H]4C(=O)N[C@]5(C(=O)NOc6ccccc6)C[C@H]5C=CCCCCC[C@H](Nc5cccc(F)c5)C(=O)N4C3)cc(-c3ccccc3)nc2c1. The number of hydroxylamine groups is 1. The van der Waals surface area contributed by atoms with Crippen LogP contribution in [0, 0.1) is 11.7 Å². The van der Waals surface area contributed by atoms with Crippen LogP contribution in [0.1, 0.15) is 44.9 Å². The molecule has 1 saturated carbocycles. The molecule has 0 bridgehead atoms. The third-order valence-corrected chi connectivity index (χ3v) is 11.2. The van der Waals surface area contributed by atoms with E-state index < -0.39 is 41.4 Å². The van der Waals surface area contributed by atoms with Gasteiger partial charge in [-0.1, -0.05) is 79.6 Å². The molecule has 0 radical (unpaired) electrons. The third-order valence-electron chi connectivity index (χ3n) is 11.2. The van der Waals surface area contributed by atoms with E-state index in [0.29, 0.717) is 47.0 Å².